The Morgan fingerprint density at radius 3 is 2.49 bits per heavy atom. The number of aromatic nitrogens is 1. The molecule has 2 heterocycles. The first-order valence-corrected chi connectivity index (χ1v) is 11.7. The van der Waals surface area contributed by atoms with Crippen molar-refractivity contribution >= 4 is 39.0 Å². The van der Waals surface area contributed by atoms with Gasteiger partial charge in [0.25, 0.3) is 0 Å². The maximum absolute atomic E-state index is 13.0. The van der Waals surface area contributed by atoms with Gasteiger partial charge >= 0.3 is 0 Å². The highest BCUT2D eigenvalue weighted by Gasteiger charge is 2.16. The van der Waals surface area contributed by atoms with E-state index in [0.717, 1.165) is 38.6 Å². The molecular weight excluding hydrogens is 468 g/mol. The summed E-state index contributed by atoms with van der Waals surface area (Å²) in [5.74, 6) is 1.63. The summed E-state index contributed by atoms with van der Waals surface area (Å²) in [4.78, 5) is 17.3. The molecule has 0 atom stereocenters. The predicted octanol–water partition coefficient (Wildman–Crippen LogP) is 6.72. The van der Waals surface area contributed by atoms with Crippen molar-refractivity contribution < 1.29 is 23.4 Å². The third-order valence-corrected chi connectivity index (χ3v) is 6.27. The number of pyridine rings is 1. The lowest BCUT2D eigenvalue weighted by Gasteiger charge is -2.11. The van der Waals surface area contributed by atoms with Gasteiger partial charge in [-0.05, 0) is 60.5 Å². The Balaban J connectivity index is 1.51. The summed E-state index contributed by atoms with van der Waals surface area (Å²) in [5.41, 5.74) is 5.52. The molecule has 5 aromatic rings. The highest BCUT2D eigenvalue weighted by molar-refractivity contribution is 6.09. The van der Waals surface area contributed by atoms with Gasteiger partial charge in [0.15, 0.2) is 11.5 Å². The predicted molar refractivity (Wildman–Crippen MR) is 145 cm³/mol. The molecule has 0 saturated carbocycles. The first-order chi connectivity index (χ1) is 18.0. The van der Waals surface area contributed by atoms with Crippen molar-refractivity contribution in [3.63, 3.8) is 0 Å². The molecule has 0 saturated heterocycles. The minimum absolute atomic E-state index is 0.247. The molecule has 3 aromatic carbocycles. The van der Waals surface area contributed by atoms with E-state index in [9.17, 15) is 4.79 Å². The Morgan fingerprint density at radius 1 is 0.892 bits per heavy atom. The minimum atomic E-state index is -0.247. The van der Waals surface area contributed by atoms with Crippen LogP contribution in [-0.2, 0) is 4.79 Å². The molecule has 0 bridgehead atoms. The summed E-state index contributed by atoms with van der Waals surface area (Å²) >= 11 is 0. The molecule has 0 aliphatic heterocycles. The first-order valence-electron chi connectivity index (χ1n) is 11.7. The number of nitrogens with zero attached hydrogens (tertiary/aromatic N) is 1. The highest BCUT2D eigenvalue weighted by Crippen LogP contribution is 2.40. The topological polar surface area (TPSA) is 82.8 Å². The van der Waals surface area contributed by atoms with Gasteiger partial charge in [-0.2, -0.15) is 0 Å². The molecule has 1 N–H and O–H groups in total. The van der Waals surface area contributed by atoms with Crippen LogP contribution in [0, 0.1) is 0 Å². The molecular formula is C30H26N2O5. The van der Waals surface area contributed by atoms with Crippen molar-refractivity contribution in [1.82, 2.24) is 4.98 Å². The van der Waals surface area contributed by atoms with Gasteiger partial charge in [-0.25, -0.2) is 0 Å². The summed E-state index contributed by atoms with van der Waals surface area (Å²) in [7, 11) is 4.80. The smallest absolute Gasteiger partial charge is 0.248 e. The Morgan fingerprint density at radius 2 is 1.70 bits per heavy atom. The van der Waals surface area contributed by atoms with Gasteiger partial charge in [0.05, 0.1) is 38.8 Å². The number of furan rings is 1. The van der Waals surface area contributed by atoms with Crippen LogP contribution in [0.5, 0.6) is 17.2 Å². The number of ether oxygens (including phenoxy) is 3. The van der Waals surface area contributed by atoms with Crippen LogP contribution in [0.1, 0.15) is 12.5 Å². The van der Waals surface area contributed by atoms with E-state index in [1.807, 2.05) is 67.6 Å². The number of benzene rings is 3. The van der Waals surface area contributed by atoms with Crippen molar-refractivity contribution in [2.75, 3.05) is 26.6 Å². The van der Waals surface area contributed by atoms with E-state index < -0.39 is 0 Å². The van der Waals surface area contributed by atoms with E-state index in [2.05, 4.69) is 10.3 Å². The van der Waals surface area contributed by atoms with Gasteiger partial charge in [0.2, 0.25) is 5.91 Å². The maximum atomic E-state index is 13.0. The second-order valence-corrected chi connectivity index (χ2v) is 8.46. The van der Waals surface area contributed by atoms with Gasteiger partial charge in [0.1, 0.15) is 11.3 Å². The van der Waals surface area contributed by atoms with Crippen molar-refractivity contribution in [1.29, 1.82) is 0 Å². The van der Waals surface area contributed by atoms with E-state index in [1.54, 1.807) is 39.9 Å². The van der Waals surface area contributed by atoms with Crippen LogP contribution in [0.15, 0.2) is 83.6 Å². The van der Waals surface area contributed by atoms with E-state index in [1.165, 1.54) is 0 Å². The van der Waals surface area contributed by atoms with Crippen LogP contribution in [0.25, 0.3) is 38.6 Å². The van der Waals surface area contributed by atoms with Gasteiger partial charge in [-0.3, -0.25) is 9.78 Å². The summed E-state index contributed by atoms with van der Waals surface area (Å²) in [6, 6.07) is 18.9. The SMILES string of the molecule is COc1ccc(-c2coc3cc(OC)c(/C(C)=C/C(=O)Nc4cccc5ncccc45)cc23)cc1OC. The van der Waals surface area contributed by atoms with Crippen LogP contribution in [0.2, 0.25) is 0 Å². The van der Waals surface area contributed by atoms with Crippen molar-refractivity contribution in [3.05, 3.63) is 84.8 Å². The molecule has 0 aliphatic rings. The Bertz CT molecular complexity index is 1650. The number of rotatable bonds is 7. The number of allylic oxidation sites excluding steroid dienone is 1. The second kappa shape index (κ2) is 10.1. The van der Waals surface area contributed by atoms with Crippen molar-refractivity contribution in [2.45, 2.75) is 6.92 Å². The van der Waals surface area contributed by atoms with Crippen LogP contribution in [0.4, 0.5) is 5.69 Å². The molecule has 0 radical (unpaired) electrons. The molecule has 2 aromatic heterocycles. The maximum Gasteiger partial charge on any atom is 0.248 e. The number of nitrogens with one attached hydrogen (secondary N) is 1. The van der Waals surface area contributed by atoms with Gasteiger partial charge in [0, 0.05) is 40.2 Å². The van der Waals surface area contributed by atoms with Gasteiger partial charge in [-0.15, -0.1) is 0 Å². The quantitative estimate of drug-likeness (QED) is 0.253. The lowest BCUT2D eigenvalue weighted by atomic mass is 9.99. The molecule has 1 amide bonds. The first kappa shape index (κ1) is 23.9. The molecule has 0 spiro atoms. The molecule has 0 unspecified atom stereocenters. The number of carbonyl (C=O) groups excluding carboxylic acids is 1. The van der Waals surface area contributed by atoms with E-state index in [-0.39, 0.29) is 5.91 Å². The monoisotopic (exact) mass is 494 g/mol. The Labute approximate surface area is 214 Å². The molecule has 7 heteroatoms. The highest BCUT2D eigenvalue weighted by atomic mass is 16.5. The summed E-state index contributed by atoms with van der Waals surface area (Å²) in [5, 5.41) is 4.74. The molecule has 37 heavy (non-hydrogen) atoms. The third kappa shape index (κ3) is 4.59. The standard InChI is InChI=1S/C30H26N2O5/c1-18(13-30(33)32-25-9-5-8-24-20(25)7-6-12-31-24)21-15-22-23(17-37-28(22)16-27(21)35-3)19-10-11-26(34-2)29(14-19)36-4/h5-17H,1-4H3,(H,32,33)/b18-13+. The number of anilines is 1. The van der Waals surface area contributed by atoms with Crippen LogP contribution < -0.4 is 19.5 Å². The fourth-order valence-electron chi connectivity index (χ4n) is 4.41. The Hall–Kier alpha value is -4.78. The molecule has 186 valence electrons. The zero-order valence-electron chi connectivity index (χ0n) is 21.0. The van der Waals surface area contributed by atoms with Crippen molar-refractivity contribution in [2.24, 2.45) is 0 Å². The fourth-order valence-corrected chi connectivity index (χ4v) is 4.41. The number of fused-ring (bicyclic) bond motifs is 2. The summed E-state index contributed by atoms with van der Waals surface area (Å²) in [6.45, 7) is 1.88. The fraction of sp³-hybridized carbons (Fsp3) is 0.133. The average molecular weight is 495 g/mol. The normalized spacial score (nSPS) is 11.5. The number of hydrogen-bond acceptors (Lipinski definition) is 6. The van der Waals surface area contributed by atoms with Gasteiger partial charge < -0.3 is 23.9 Å². The number of methoxy groups -OCH3 is 3. The number of amides is 1. The third-order valence-electron chi connectivity index (χ3n) is 6.27. The molecule has 7 nitrogen and oxygen atoms in total. The minimum Gasteiger partial charge on any atom is -0.496 e. The zero-order chi connectivity index (χ0) is 25.9. The lowest BCUT2D eigenvalue weighted by Crippen LogP contribution is -2.09. The van der Waals surface area contributed by atoms with E-state index in [0.29, 0.717) is 28.5 Å². The Kier molecular flexibility index (Phi) is 6.51. The lowest BCUT2D eigenvalue weighted by molar-refractivity contribution is -0.111. The summed E-state index contributed by atoms with van der Waals surface area (Å²) in [6.07, 6.45) is 5.00. The largest absolute Gasteiger partial charge is 0.496 e. The molecule has 0 fully saturated rings. The van der Waals surface area contributed by atoms with Crippen LogP contribution >= 0.6 is 0 Å². The molecule has 5 rings (SSSR count). The van der Waals surface area contributed by atoms with E-state index >= 15 is 0 Å². The zero-order valence-corrected chi connectivity index (χ0v) is 21.0. The second-order valence-electron chi connectivity index (χ2n) is 8.46. The number of carbonyl (C=O) groups is 1. The molecule has 0 aliphatic carbocycles. The summed E-state index contributed by atoms with van der Waals surface area (Å²) < 4.78 is 22.3. The van der Waals surface area contributed by atoms with Crippen molar-refractivity contribution in [3.8, 4) is 28.4 Å². The van der Waals surface area contributed by atoms with Crippen LogP contribution in [0.3, 0.4) is 0 Å². The number of hydrogen-bond donors (Lipinski definition) is 1. The average Bonchev–Trinajstić information content (AvgIpc) is 3.35. The van der Waals surface area contributed by atoms with E-state index in [4.69, 9.17) is 18.6 Å². The van der Waals surface area contributed by atoms with Gasteiger partial charge in [-0.1, -0.05) is 12.1 Å². The van der Waals surface area contributed by atoms with Crippen LogP contribution in [-0.4, -0.2) is 32.2 Å².